The molecule has 1 aromatic carbocycles. The van der Waals surface area contributed by atoms with Crippen LogP contribution in [0.1, 0.15) is 23.6 Å². The monoisotopic (exact) mass is 179 g/mol. The zero-order valence-corrected chi connectivity index (χ0v) is 8.46. The van der Waals surface area contributed by atoms with E-state index in [1.54, 1.807) is 0 Å². The predicted octanol–water partition coefficient (Wildman–Crippen LogP) is 1.47. The number of aryl methyl sites for hydroxylation is 2. The SMILES string of the molecule is Cc1ccc([C@@](C)(N)CO)cc1C. The molecule has 1 aromatic rings. The Morgan fingerprint density at radius 3 is 2.38 bits per heavy atom. The number of rotatable bonds is 2. The van der Waals surface area contributed by atoms with E-state index in [1.165, 1.54) is 11.1 Å². The second kappa shape index (κ2) is 3.48. The Balaban J connectivity index is 3.10. The first kappa shape index (κ1) is 10.2. The van der Waals surface area contributed by atoms with Crippen LogP contribution in [0.5, 0.6) is 0 Å². The van der Waals surface area contributed by atoms with Gasteiger partial charge in [-0.3, -0.25) is 0 Å². The van der Waals surface area contributed by atoms with Gasteiger partial charge in [0.25, 0.3) is 0 Å². The van der Waals surface area contributed by atoms with Crippen LogP contribution >= 0.6 is 0 Å². The zero-order valence-electron chi connectivity index (χ0n) is 8.46. The van der Waals surface area contributed by atoms with Crippen LogP contribution in [0.3, 0.4) is 0 Å². The highest BCUT2D eigenvalue weighted by Crippen LogP contribution is 2.19. The minimum absolute atomic E-state index is 0.0322. The van der Waals surface area contributed by atoms with E-state index >= 15 is 0 Å². The molecule has 0 bridgehead atoms. The van der Waals surface area contributed by atoms with E-state index in [2.05, 4.69) is 6.92 Å². The second-order valence-electron chi connectivity index (χ2n) is 3.87. The average molecular weight is 179 g/mol. The van der Waals surface area contributed by atoms with Crippen molar-refractivity contribution < 1.29 is 5.11 Å². The minimum atomic E-state index is -0.627. The molecule has 72 valence electrons. The fourth-order valence-corrected chi connectivity index (χ4v) is 1.19. The summed E-state index contributed by atoms with van der Waals surface area (Å²) in [5.41, 5.74) is 8.72. The van der Waals surface area contributed by atoms with Gasteiger partial charge in [-0.05, 0) is 37.5 Å². The van der Waals surface area contributed by atoms with E-state index in [9.17, 15) is 0 Å². The summed E-state index contributed by atoms with van der Waals surface area (Å²) in [5.74, 6) is 0. The molecule has 1 rings (SSSR count). The Morgan fingerprint density at radius 2 is 1.92 bits per heavy atom. The molecule has 3 N–H and O–H groups in total. The zero-order chi connectivity index (χ0) is 10.1. The Morgan fingerprint density at radius 1 is 1.31 bits per heavy atom. The fourth-order valence-electron chi connectivity index (χ4n) is 1.19. The van der Waals surface area contributed by atoms with Gasteiger partial charge in [0.15, 0.2) is 0 Å². The molecule has 2 heteroatoms. The summed E-state index contributed by atoms with van der Waals surface area (Å²) in [6, 6.07) is 6.04. The van der Waals surface area contributed by atoms with Gasteiger partial charge >= 0.3 is 0 Å². The molecular weight excluding hydrogens is 162 g/mol. The Bertz CT molecular complexity index is 305. The molecule has 0 saturated carbocycles. The van der Waals surface area contributed by atoms with Gasteiger partial charge in [0.1, 0.15) is 0 Å². The quantitative estimate of drug-likeness (QED) is 0.722. The molecular formula is C11H17NO. The molecule has 0 unspecified atom stereocenters. The summed E-state index contributed by atoms with van der Waals surface area (Å²) in [6.45, 7) is 5.91. The van der Waals surface area contributed by atoms with Crippen molar-refractivity contribution in [3.05, 3.63) is 34.9 Å². The van der Waals surface area contributed by atoms with Crippen molar-refractivity contribution in [2.24, 2.45) is 5.73 Å². The highest BCUT2D eigenvalue weighted by Gasteiger charge is 2.19. The minimum Gasteiger partial charge on any atom is -0.394 e. The van der Waals surface area contributed by atoms with Crippen LogP contribution in [-0.4, -0.2) is 11.7 Å². The summed E-state index contributed by atoms with van der Waals surface area (Å²) in [4.78, 5) is 0. The van der Waals surface area contributed by atoms with Crippen LogP contribution in [-0.2, 0) is 5.54 Å². The Kier molecular flexibility index (Phi) is 2.74. The maximum absolute atomic E-state index is 9.08. The van der Waals surface area contributed by atoms with Crippen molar-refractivity contribution >= 4 is 0 Å². The maximum atomic E-state index is 9.08. The van der Waals surface area contributed by atoms with Crippen LogP contribution in [0.15, 0.2) is 18.2 Å². The van der Waals surface area contributed by atoms with E-state index in [1.807, 2.05) is 32.0 Å². The molecule has 0 aliphatic carbocycles. The van der Waals surface area contributed by atoms with Crippen molar-refractivity contribution in [2.45, 2.75) is 26.3 Å². The van der Waals surface area contributed by atoms with Gasteiger partial charge in [-0.2, -0.15) is 0 Å². The topological polar surface area (TPSA) is 46.2 Å². The fraction of sp³-hybridized carbons (Fsp3) is 0.455. The molecule has 0 heterocycles. The summed E-state index contributed by atoms with van der Waals surface area (Å²) in [5, 5.41) is 9.08. The molecule has 0 radical (unpaired) electrons. The summed E-state index contributed by atoms with van der Waals surface area (Å²) in [7, 11) is 0. The van der Waals surface area contributed by atoms with Gasteiger partial charge in [0.05, 0.1) is 12.1 Å². The third-order valence-corrected chi connectivity index (χ3v) is 2.49. The number of aliphatic hydroxyl groups excluding tert-OH is 1. The maximum Gasteiger partial charge on any atom is 0.0650 e. The largest absolute Gasteiger partial charge is 0.394 e. The Labute approximate surface area is 79.4 Å². The summed E-state index contributed by atoms with van der Waals surface area (Å²) < 4.78 is 0. The van der Waals surface area contributed by atoms with Crippen LogP contribution in [0, 0.1) is 13.8 Å². The first-order valence-corrected chi connectivity index (χ1v) is 4.45. The molecule has 0 amide bonds. The molecule has 0 aliphatic heterocycles. The molecule has 2 nitrogen and oxygen atoms in total. The van der Waals surface area contributed by atoms with Gasteiger partial charge in [0.2, 0.25) is 0 Å². The van der Waals surface area contributed by atoms with Crippen LogP contribution < -0.4 is 5.73 Å². The smallest absolute Gasteiger partial charge is 0.0650 e. The molecule has 0 aliphatic rings. The standard InChI is InChI=1S/C11H17NO/c1-8-4-5-10(6-9(8)2)11(3,12)7-13/h4-6,13H,7,12H2,1-3H3/t11-/m0/s1. The van der Waals surface area contributed by atoms with E-state index in [0.29, 0.717) is 0 Å². The number of hydrogen-bond donors (Lipinski definition) is 2. The molecule has 13 heavy (non-hydrogen) atoms. The number of hydrogen-bond acceptors (Lipinski definition) is 2. The predicted molar refractivity (Wildman–Crippen MR) is 54.5 cm³/mol. The highest BCUT2D eigenvalue weighted by molar-refractivity contribution is 5.33. The van der Waals surface area contributed by atoms with Gasteiger partial charge in [0, 0.05) is 0 Å². The lowest BCUT2D eigenvalue weighted by atomic mass is 9.92. The third-order valence-electron chi connectivity index (χ3n) is 2.49. The van der Waals surface area contributed by atoms with E-state index in [4.69, 9.17) is 10.8 Å². The summed E-state index contributed by atoms with van der Waals surface area (Å²) >= 11 is 0. The van der Waals surface area contributed by atoms with Crippen molar-refractivity contribution in [3.63, 3.8) is 0 Å². The lowest BCUT2D eigenvalue weighted by Gasteiger charge is -2.23. The van der Waals surface area contributed by atoms with Crippen molar-refractivity contribution in [1.82, 2.24) is 0 Å². The number of benzene rings is 1. The van der Waals surface area contributed by atoms with Crippen LogP contribution in [0.2, 0.25) is 0 Å². The molecule has 0 spiro atoms. The molecule has 0 saturated heterocycles. The Hall–Kier alpha value is -0.860. The van der Waals surface area contributed by atoms with Crippen LogP contribution in [0.4, 0.5) is 0 Å². The molecule has 0 aromatic heterocycles. The van der Waals surface area contributed by atoms with Gasteiger partial charge in [-0.1, -0.05) is 18.2 Å². The van der Waals surface area contributed by atoms with Gasteiger partial charge in [-0.25, -0.2) is 0 Å². The molecule has 0 fully saturated rings. The van der Waals surface area contributed by atoms with Gasteiger partial charge in [-0.15, -0.1) is 0 Å². The van der Waals surface area contributed by atoms with Crippen molar-refractivity contribution in [3.8, 4) is 0 Å². The first-order chi connectivity index (χ1) is 5.97. The average Bonchev–Trinajstić information content (AvgIpc) is 2.09. The number of aliphatic hydroxyl groups is 1. The van der Waals surface area contributed by atoms with E-state index in [-0.39, 0.29) is 6.61 Å². The van der Waals surface area contributed by atoms with Gasteiger partial charge < -0.3 is 10.8 Å². The van der Waals surface area contributed by atoms with E-state index < -0.39 is 5.54 Å². The first-order valence-electron chi connectivity index (χ1n) is 4.45. The van der Waals surface area contributed by atoms with Crippen LogP contribution in [0.25, 0.3) is 0 Å². The normalized spacial score (nSPS) is 15.5. The highest BCUT2D eigenvalue weighted by atomic mass is 16.3. The lowest BCUT2D eigenvalue weighted by Crippen LogP contribution is -2.36. The van der Waals surface area contributed by atoms with Crippen molar-refractivity contribution in [1.29, 1.82) is 0 Å². The number of nitrogens with two attached hydrogens (primary N) is 1. The van der Waals surface area contributed by atoms with Crippen molar-refractivity contribution in [2.75, 3.05) is 6.61 Å². The lowest BCUT2D eigenvalue weighted by molar-refractivity contribution is 0.210. The van der Waals surface area contributed by atoms with E-state index in [0.717, 1.165) is 5.56 Å². The second-order valence-corrected chi connectivity index (χ2v) is 3.87. The molecule has 1 atom stereocenters. The summed E-state index contributed by atoms with van der Waals surface area (Å²) in [6.07, 6.45) is 0. The third kappa shape index (κ3) is 2.08.